The minimum absolute atomic E-state index is 0.0444. The summed E-state index contributed by atoms with van der Waals surface area (Å²) < 4.78 is 6.23. The van der Waals surface area contributed by atoms with E-state index in [2.05, 4.69) is 26.0 Å². The highest BCUT2D eigenvalue weighted by atomic mass is 16.5. The number of fused-ring (bicyclic) bond motifs is 1. The van der Waals surface area contributed by atoms with E-state index in [-0.39, 0.29) is 11.6 Å². The Labute approximate surface area is 103 Å². The van der Waals surface area contributed by atoms with E-state index in [4.69, 9.17) is 10.5 Å². The van der Waals surface area contributed by atoms with Gasteiger partial charge >= 0.3 is 0 Å². The summed E-state index contributed by atoms with van der Waals surface area (Å²) in [4.78, 5) is 0. The summed E-state index contributed by atoms with van der Waals surface area (Å²) in [5.41, 5.74) is 7.49. The molecule has 2 heteroatoms. The van der Waals surface area contributed by atoms with Crippen LogP contribution >= 0.6 is 0 Å². The number of hydrogen-bond donors (Lipinski definition) is 1. The average molecular weight is 231 g/mol. The van der Waals surface area contributed by atoms with E-state index in [0.717, 1.165) is 24.0 Å². The largest absolute Gasteiger partial charge is 0.487 e. The molecule has 2 nitrogen and oxygen atoms in total. The summed E-state index contributed by atoms with van der Waals surface area (Å²) >= 11 is 0. The molecule has 3 rings (SSSR count). The highest BCUT2D eigenvalue weighted by Gasteiger charge is 2.50. The van der Waals surface area contributed by atoms with Crippen molar-refractivity contribution in [2.24, 2.45) is 17.6 Å². The predicted molar refractivity (Wildman–Crippen MR) is 68.9 cm³/mol. The van der Waals surface area contributed by atoms with Gasteiger partial charge in [-0.3, -0.25) is 0 Å². The summed E-state index contributed by atoms with van der Waals surface area (Å²) in [5.74, 6) is 2.58. The van der Waals surface area contributed by atoms with E-state index < -0.39 is 0 Å². The van der Waals surface area contributed by atoms with Gasteiger partial charge in [0.2, 0.25) is 0 Å². The lowest BCUT2D eigenvalue weighted by molar-refractivity contribution is -0.0845. The molecule has 1 aliphatic heterocycles. The van der Waals surface area contributed by atoms with Crippen molar-refractivity contribution in [1.29, 1.82) is 0 Å². The molecule has 2 N–H and O–H groups in total. The second kappa shape index (κ2) is 3.74. The second-order valence-corrected chi connectivity index (χ2v) is 6.05. The van der Waals surface area contributed by atoms with Gasteiger partial charge in [0.1, 0.15) is 11.4 Å². The summed E-state index contributed by atoms with van der Waals surface area (Å²) in [6.07, 6.45) is 3.33. The third-order valence-electron chi connectivity index (χ3n) is 4.45. The first-order chi connectivity index (χ1) is 8.10. The molecule has 1 heterocycles. The lowest BCUT2D eigenvalue weighted by Gasteiger charge is -2.52. The zero-order valence-corrected chi connectivity index (χ0v) is 10.6. The molecule has 1 saturated carbocycles. The van der Waals surface area contributed by atoms with Gasteiger partial charge in [-0.15, -0.1) is 0 Å². The molecule has 0 bridgehead atoms. The van der Waals surface area contributed by atoms with E-state index >= 15 is 0 Å². The van der Waals surface area contributed by atoms with Gasteiger partial charge in [0, 0.05) is 18.0 Å². The first-order valence-electron chi connectivity index (χ1n) is 6.63. The fourth-order valence-corrected chi connectivity index (χ4v) is 3.28. The van der Waals surface area contributed by atoms with Crippen LogP contribution in [0.25, 0.3) is 0 Å². The molecule has 0 amide bonds. The maximum atomic E-state index is 6.27. The van der Waals surface area contributed by atoms with Crippen molar-refractivity contribution < 1.29 is 4.74 Å². The fraction of sp³-hybridized carbons (Fsp3) is 0.600. The first-order valence-corrected chi connectivity index (χ1v) is 6.63. The van der Waals surface area contributed by atoms with E-state index in [0.29, 0.717) is 0 Å². The average Bonchev–Trinajstić information content (AvgIpc) is 2.25. The number of benzene rings is 1. The number of ether oxygens (including phenoxy) is 1. The lowest BCUT2D eigenvalue weighted by Crippen LogP contribution is -2.53. The molecule has 2 aliphatic rings. The van der Waals surface area contributed by atoms with Gasteiger partial charge < -0.3 is 10.5 Å². The van der Waals surface area contributed by atoms with Gasteiger partial charge in [-0.2, -0.15) is 0 Å². The van der Waals surface area contributed by atoms with E-state index in [1.807, 2.05) is 12.1 Å². The number of para-hydroxylation sites is 1. The second-order valence-electron chi connectivity index (χ2n) is 6.05. The molecule has 0 saturated heterocycles. The van der Waals surface area contributed by atoms with E-state index in [1.165, 1.54) is 18.4 Å². The van der Waals surface area contributed by atoms with Crippen LogP contribution in [0.3, 0.4) is 0 Å². The smallest absolute Gasteiger partial charge is 0.124 e. The summed E-state index contributed by atoms with van der Waals surface area (Å²) in [6.45, 7) is 4.60. The third-order valence-corrected chi connectivity index (χ3v) is 4.45. The topological polar surface area (TPSA) is 35.2 Å². The van der Waals surface area contributed by atoms with Crippen LogP contribution in [0.15, 0.2) is 24.3 Å². The maximum Gasteiger partial charge on any atom is 0.124 e. The minimum atomic E-state index is 0.0444. The van der Waals surface area contributed by atoms with Crippen LogP contribution in [0.4, 0.5) is 0 Å². The Kier molecular flexibility index (Phi) is 2.44. The highest BCUT2D eigenvalue weighted by Crippen LogP contribution is 2.52. The van der Waals surface area contributed by atoms with Gasteiger partial charge in [-0.25, -0.2) is 0 Å². The Balaban J connectivity index is 1.81. The Bertz CT molecular complexity index is 421. The van der Waals surface area contributed by atoms with Crippen molar-refractivity contribution in [3.05, 3.63) is 29.8 Å². The highest BCUT2D eigenvalue weighted by molar-refractivity contribution is 5.39. The number of rotatable bonds is 1. The molecule has 1 aliphatic carbocycles. The monoisotopic (exact) mass is 231 g/mol. The number of nitrogens with two attached hydrogens (primary N) is 1. The van der Waals surface area contributed by atoms with Crippen molar-refractivity contribution in [3.8, 4) is 5.75 Å². The molecule has 0 radical (unpaired) electrons. The van der Waals surface area contributed by atoms with Gasteiger partial charge in [0.05, 0.1) is 0 Å². The molecule has 1 aromatic rings. The Hall–Kier alpha value is -1.02. The van der Waals surface area contributed by atoms with Crippen LogP contribution in [0.5, 0.6) is 5.75 Å². The van der Waals surface area contributed by atoms with Crippen LogP contribution < -0.4 is 10.5 Å². The van der Waals surface area contributed by atoms with Gasteiger partial charge in [-0.05, 0) is 30.7 Å². The zero-order valence-electron chi connectivity index (χ0n) is 10.6. The zero-order chi connectivity index (χ0) is 12.0. The Morgan fingerprint density at radius 3 is 2.65 bits per heavy atom. The van der Waals surface area contributed by atoms with Gasteiger partial charge in [-0.1, -0.05) is 32.0 Å². The van der Waals surface area contributed by atoms with Gasteiger partial charge in [0.15, 0.2) is 0 Å². The maximum absolute atomic E-state index is 6.27. The van der Waals surface area contributed by atoms with Crippen LogP contribution in [0, 0.1) is 11.8 Å². The van der Waals surface area contributed by atoms with Crippen molar-refractivity contribution in [2.75, 3.05) is 0 Å². The third kappa shape index (κ3) is 1.75. The summed E-state index contributed by atoms with van der Waals surface area (Å²) in [7, 11) is 0. The molecular formula is C15H21NO. The van der Waals surface area contributed by atoms with E-state index in [1.54, 1.807) is 0 Å². The molecule has 0 aromatic heterocycles. The Morgan fingerprint density at radius 2 is 1.94 bits per heavy atom. The van der Waals surface area contributed by atoms with Crippen LogP contribution in [-0.2, 0) is 0 Å². The van der Waals surface area contributed by atoms with Crippen LogP contribution in [0.2, 0.25) is 0 Å². The molecule has 0 unspecified atom stereocenters. The Morgan fingerprint density at radius 1 is 1.24 bits per heavy atom. The molecule has 1 spiro atoms. The summed E-state index contributed by atoms with van der Waals surface area (Å²) in [5, 5.41) is 0. The van der Waals surface area contributed by atoms with Crippen molar-refractivity contribution in [2.45, 2.75) is 44.8 Å². The molecule has 1 aromatic carbocycles. The molecular weight excluding hydrogens is 210 g/mol. The van der Waals surface area contributed by atoms with Crippen LogP contribution in [-0.4, -0.2) is 5.60 Å². The molecule has 1 fully saturated rings. The van der Waals surface area contributed by atoms with Crippen molar-refractivity contribution in [3.63, 3.8) is 0 Å². The van der Waals surface area contributed by atoms with Crippen molar-refractivity contribution in [1.82, 2.24) is 0 Å². The summed E-state index contributed by atoms with van der Waals surface area (Å²) in [6, 6.07) is 8.36. The SMILES string of the molecule is CC(C)C1CC2(C1)C[C@@H](N)c1ccccc1O2. The standard InChI is InChI=1S/C15H21NO/c1-10(2)11-7-15(8-11)9-13(16)12-5-3-4-6-14(12)17-15/h3-6,10-11,13H,7-9,16H2,1-2H3/t11?,13-,15?/m1/s1. The fourth-order valence-electron chi connectivity index (χ4n) is 3.28. The molecule has 92 valence electrons. The van der Waals surface area contributed by atoms with E-state index in [9.17, 15) is 0 Å². The molecule has 17 heavy (non-hydrogen) atoms. The predicted octanol–water partition coefficient (Wildman–Crippen LogP) is 3.27. The lowest BCUT2D eigenvalue weighted by atomic mass is 9.62. The minimum Gasteiger partial charge on any atom is -0.487 e. The normalized spacial score (nSPS) is 35.3. The molecule has 1 atom stereocenters. The van der Waals surface area contributed by atoms with Crippen LogP contribution in [0.1, 0.15) is 44.7 Å². The number of hydrogen-bond acceptors (Lipinski definition) is 2. The first kappa shape index (κ1) is 11.1. The van der Waals surface area contributed by atoms with Crippen molar-refractivity contribution >= 4 is 0 Å². The quantitative estimate of drug-likeness (QED) is 0.805. The van der Waals surface area contributed by atoms with Gasteiger partial charge in [0.25, 0.3) is 0 Å².